The molecule has 2 aromatic carbocycles. The lowest BCUT2D eigenvalue weighted by Gasteiger charge is -2.36. The second-order valence-corrected chi connectivity index (χ2v) is 7.18. The molecule has 1 aliphatic heterocycles. The second-order valence-electron chi connectivity index (χ2n) is 7.18. The fraction of sp³-hybridized carbons (Fsp3) is 0.524. The van der Waals surface area contributed by atoms with E-state index in [0.717, 1.165) is 37.8 Å². The van der Waals surface area contributed by atoms with Gasteiger partial charge in [-0.25, -0.2) is 0 Å². The number of ether oxygens (including phenoxy) is 1. The Balaban J connectivity index is 0.00000169. The molecule has 1 heterocycles. The van der Waals surface area contributed by atoms with Crippen molar-refractivity contribution in [2.75, 3.05) is 33.3 Å². The van der Waals surface area contributed by atoms with Crippen LogP contribution in [0.4, 0.5) is 0 Å². The number of methoxy groups -OCH3 is 1. The maximum atomic E-state index is 5.58. The van der Waals surface area contributed by atoms with Crippen molar-refractivity contribution in [3.05, 3.63) is 42.0 Å². The zero-order chi connectivity index (χ0) is 16.9. The van der Waals surface area contributed by atoms with Crippen LogP contribution < -0.4 is 10.1 Å². The van der Waals surface area contributed by atoms with E-state index in [9.17, 15) is 0 Å². The molecular weight excluding hydrogens is 367 g/mol. The molecule has 0 aliphatic carbocycles. The maximum absolute atomic E-state index is 5.58. The van der Waals surface area contributed by atoms with Crippen LogP contribution in [0.25, 0.3) is 10.8 Å². The van der Waals surface area contributed by atoms with Gasteiger partial charge in [-0.15, -0.1) is 24.8 Å². The summed E-state index contributed by atoms with van der Waals surface area (Å²) in [4.78, 5) is 2.66. The van der Waals surface area contributed by atoms with Crippen LogP contribution in [0.5, 0.6) is 5.75 Å². The number of fused-ring (bicyclic) bond motifs is 1. The molecule has 1 fully saturated rings. The number of nitrogens with one attached hydrogen (secondary N) is 1. The number of halogens is 2. The molecular formula is C21H32Cl2N2O. The SMILES string of the molecule is COc1ccc([C@H](CCC(C)C)N2CCNCC2)c2ccccc12.Cl.Cl. The lowest BCUT2D eigenvalue weighted by Crippen LogP contribution is -2.45. The molecule has 0 radical (unpaired) electrons. The summed E-state index contributed by atoms with van der Waals surface area (Å²) >= 11 is 0. The lowest BCUT2D eigenvalue weighted by atomic mass is 9.91. The fourth-order valence-corrected chi connectivity index (χ4v) is 3.78. The van der Waals surface area contributed by atoms with E-state index < -0.39 is 0 Å². The smallest absolute Gasteiger partial charge is 0.126 e. The Morgan fingerprint density at radius 2 is 1.62 bits per heavy atom. The van der Waals surface area contributed by atoms with Gasteiger partial charge >= 0.3 is 0 Å². The van der Waals surface area contributed by atoms with Crippen LogP contribution in [0, 0.1) is 5.92 Å². The van der Waals surface area contributed by atoms with Gasteiger partial charge in [-0.2, -0.15) is 0 Å². The highest BCUT2D eigenvalue weighted by atomic mass is 35.5. The number of nitrogens with zero attached hydrogens (tertiary/aromatic N) is 1. The standard InChI is InChI=1S/C21H30N2O.2ClH/c1-16(2)8-10-20(23-14-12-22-13-15-23)18-9-11-21(24-3)19-7-5-4-6-17(18)19;;/h4-7,9,11,16,20,22H,8,10,12-15H2,1-3H3;2*1H/t20-;;/m0../s1. The molecule has 0 spiro atoms. The predicted molar refractivity (Wildman–Crippen MR) is 116 cm³/mol. The van der Waals surface area contributed by atoms with E-state index in [-0.39, 0.29) is 24.8 Å². The molecule has 0 unspecified atom stereocenters. The van der Waals surface area contributed by atoms with Crippen molar-refractivity contribution in [1.29, 1.82) is 0 Å². The Hall–Kier alpha value is -1.000. The average molecular weight is 399 g/mol. The van der Waals surface area contributed by atoms with Crippen LogP contribution in [-0.2, 0) is 0 Å². The molecule has 1 atom stereocenters. The average Bonchev–Trinajstić information content (AvgIpc) is 2.62. The van der Waals surface area contributed by atoms with E-state index in [1.54, 1.807) is 7.11 Å². The van der Waals surface area contributed by atoms with Crippen molar-refractivity contribution < 1.29 is 4.74 Å². The molecule has 2 aromatic rings. The number of hydrogen-bond acceptors (Lipinski definition) is 3. The Morgan fingerprint density at radius 1 is 0.962 bits per heavy atom. The summed E-state index contributed by atoms with van der Waals surface area (Å²) in [6, 6.07) is 13.6. The predicted octanol–water partition coefficient (Wildman–Crippen LogP) is 5.07. The molecule has 1 aliphatic rings. The summed E-state index contributed by atoms with van der Waals surface area (Å²) in [7, 11) is 1.76. The van der Waals surface area contributed by atoms with E-state index in [1.165, 1.54) is 29.2 Å². The second kappa shape index (κ2) is 11.0. The number of hydrogen-bond donors (Lipinski definition) is 1. The first-order valence-electron chi connectivity index (χ1n) is 9.21. The van der Waals surface area contributed by atoms with Gasteiger partial charge in [0, 0.05) is 37.6 Å². The van der Waals surface area contributed by atoms with Gasteiger partial charge in [0.15, 0.2) is 0 Å². The Labute approximate surface area is 170 Å². The van der Waals surface area contributed by atoms with Crippen molar-refractivity contribution in [3.63, 3.8) is 0 Å². The molecule has 0 saturated carbocycles. The van der Waals surface area contributed by atoms with Crippen molar-refractivity contribution in [3.8, 4) is 5.75 Å². The summed E-state index contributed by atoms with van der Waals surface area (Å²) < 4.78 is 5.58. The largest absolute Gasteiger partial charge is 0.496 e. The monoisotopic (exact) mass is 398 g/mol. The fourth-order valence-electron chi connectivity index (χ4n) is 3.78. The zero-order valence-electron chi connectivity index (χ0n) is 16.0. The highest BCUT2D eigenvalue weighted by Gasteiger charge is 2.24. The van der Waals surface area contributed by atoms with Crippen LogP contribution in [0.1, 0.15) is 38.3 Å². The molecule has 1 saturated heterocycles. The molecule has 5 heteroatoms. The number of rotatable bonds is 6. The summed E-state index contributed by atoms with van der Waals surface area (Å²) in [5, 5.41) is 6.04. The lowest BCUT2D eigenvalue weighted by molar-refractivity contribution is 0.161. The zero-order valence-corrected chi connectivity index (χ0v) is 17.7. The summed E-state index contributed by atoms with van der Waals surface area (Å²) in [6.45, 7) is 9.08. The Bertz CT molecular complexity index is 672. The van der Waals surface area contributed by atoms with Gasteiger partial charge in [0.25, 0.3) is 0 Å². The van der Waals surface area contributed by atoms with Gasteiger partial charge in [0.05, 0.1) is 7.11 Å². The normalized spacial score (nSPS) is 16.0. The van der Waals surface area contributed by atoms with E-state index in [0.29, 0.717) is 6.04 Å². The first-order valence-corrected chi connectivity index (χ1v) is 9.21. The van der Waals surface area contributed by atoms with Crippen LogP contribution in [0.2, 0.25) is 0 Å². The molecule has 146 valence electrons. The van der Waals surface area contributed by atoms with Gasteiger partial charge in [-0.1, -0.05) is 44.2 Å². The van der Waals surface area contributed by atoms with Gasteiger partial charge in [0.1, 0.15) is 5.75 Å². The quantitative estimate of drug-likeness (QED) is 0.734. The highest BCUT2D eigenvalue weighted by molar-refractivity contribution is 5.91. The van der Waals surface area contributed by atoms with Crippen molar-refractivity contribution in [2.45, 2.75) is 32.7 Å². The van der Waals surface area contributed by atoms with Gasteiger partial charge in [0.2, 0.25) is 0 Å². The van der Waals surface area contributed by atoms with E-state index >= 15 is 0 Å². The third kappa shape index (κ3) is 5.26. The minimum absolute atomic E-state index is 0. The van der Waals surface area contributed by atoms with Crippen molar-refractivity contribution in [1.82, 2.24) is 10.2 Å². The highest BCUT2D eigenvalue weighted by Crippen LogP contribution is 2.36. The maximum Gasteiger partial charge on any atom is 0.126 e. The molecule has 3 rings (SSSR count). The summed E-state index contributed by atoms with van der Waals surface area (Å²) in [5.41, 5.74) is 1.45. The van der Waals surface area contributed by atoms with Crippen LogP contribution in [0.3, 0.4) is 0 Å². The minimum Gasteiger partial charge on any atom is -0.496 e. The molecule has 1 N–H and O–H groups in total. The molecule has 3 nitrogen and oxygen atoms in total. The van der Waals surface area contributed by atoms with Crippen LogP contribution >= 0.6 is 24.8 Å². The van der Waals surface area contributed by atoms with Crippen LogP contribution in [-0.4, -0.2) is 38.2 Å². The van der Waals surface area contributed by atoms with E-state index in [2.05, 4.69) is 60.5 Å². The molecule has 0 amide bonds. The molecule has 0 aromatic heterocycles. The first kappa shape index (κ1) is 23.0. The van der Waals surface area contributed by atoms with E-state index in [4.69, 9.17) is 4.74 Å². The summed E-state index contributed by atoms with van der Waals surface area (Å²) in [6.07, 6.45) is 2.48. The van der Waals surface area contributed by atoms with Gasteiger partial charge < -0.3 is 10.1 Å². The van der Waals surface area contributed by atoms with Crippen LogP contribution in [0.15, 0.2) is 36.4 Å². The van der Waals surface area contributed by atoms with E-state index in [1.807, 2.05) is 0 Å². The van der Waals surface area contributed by atoms with Gasteiger partial charge in [-0.3, -0.25) is 4.90 Å². The Morgan fingerprint density at radius 3 is 2.23 bits per heavy atom. The molecule has 0 bridgehead atoms. The third-order valence-corrected chi connectivity index (χ3v) is 5.11. The first-order chi connectivity index (χ1) is 11.7. The molecule has 26 heavy (non-hydrogen) atoms. The summed E-state index contributed by atoms with van der Waals surface area (Å²) in [5.74, 6) is 1.71. The number of benzene rings is 2. The topological polar surface area (TPSA) is 24.5 Å². The van der Waals surface area contributed by atoms with Gasteiger partial charge in [-0.05, 0) is 35.8 Å². The third-order valence-electron chi connectivity index (χ3n) is 5.11. The van der Waals surface area contributed by atoms with Crippen molar-refractivity contribution >= 4 is 35.6 Å². The van der Waals surface area contributed by atoms with Crippen molar-refractivity contribution in [2.24, 2.45) is 5.92 Å². The Kier molecular flexibility index (Phi) is 9.73. The minimum atomic E-state index is 0. The number of piperazine rings is 1.